The van der Waals surface area contributed by atoms with Crippen molar-refractivity contribution in [1.82, 2.24) is 9.55 Å². The van der Waals surface area contributed by atoms with Crippen LogP contribution >= 0.6 is 0 Å². The van der Waals surface area contributed by atoms with Crippen molar-refractivity contribution < 1.29 is 19.7 Å². The van der Waals surface area contributed by atoms with E-state index in [1.807, 2.05) is 0 Å². The van der Waals surface area contributed by atoms with Gasteiger partial charge in [-0.15, -0.1) is 0 Å². The Balaban J connectivity index is 1.01. The van der Waals surface area contributed by atoms with Gasteiger partial charge in [-0.1, -0.05) is 30.4 Å². The van der Waals surface area contributed by atoms with Gasteiger partial charge in [-0.25, -0.2) is 4.98 Å². The van der Waals surface area contributed by atoms with Crippen LogP contribution in [0.4, 0.5) is 0 Å². The molecule has 4 atom stereocenters. The summed E-state index contributed by atoms with van der Waals surface area (Å²) in [5.74, 6) is 2.22. The number of benzene rings is 2. The minimum absolute atomic E-state index is 0.109. The lowest BCUT2D eigenvalue weighted by atomic mass is 10.1. The second kappa shape index (κ2) is 8.60. The lowest BCUT2D eigenvalue weighted by Crippen LogP contribution is -2.31. The Morgan fingerprint density at radius 2 is 1.85 bits per heavy atom. The zero-order valence-corrected chi connectivity index (χ0v) is 19.4. The van der Waals surface area contributed by atoms with E-state index in [4.69, 9.17) is 14.5 Å². The molecular formula is C28H30N2O4. The van der Waals surface area contributed by atoms with E-state index in [1.54, 1.807) is 12.1 Å². The molecule has 2 aliphatic carbocycles. The number of nitrogens with zero attached hydrogens (tertiary/aromatic N) is 2. The highest BCUT2D eigenvalue weighted by molar-refractivity contribution is 5.49. The average molecular weight is 459 g/mol. The molecule has 1 saturated heterocycles. The fourth-order valence-corrected chi connectivity index (χ4v) is 5.22. The number of aryl methyl sites for hydroxylation is 2. The number of hydrogen-bond donors (Lipinski definition) is 2. The van der Waals surface area contributed by atoms with Crippen LogP contribution in [0.1, 0.15) is 48.7 Å². The molecule has 0 spiro atoms. The molecule has 2 N–H and O–H groups in total. The van der Waals surface area contributed by atoms with Gasteiger partial charge in [-0.3, -0.25) is 4.57 Å². The van der Waals surface area contributed by atoms with Gasteiger partial charge in [0.25, 0.3) is 0 Å². The molecule has 0 amide bonds. The molecule has 176 valence electrons. The maximum atomic E-state index is 9.71. The summed E-state index contributed by atoms with van der Waals surface area (Å²) in [6.45, 7) is 2.72. The second-order valence-corrected chi connectivity index (χ2v) is 9.68. The standard InChI is InChI=1S/C28H30N2O4/c1-17-29-23-14-20-13-21(20)15-24(23)30(17)22-7-4-18(5-8-22)3-2-12-33-28-11-10-27(34-28)19-6-9-25(31)26(32)16-19/h4-9,14-16,20-21,27-28,31-32H,2-3,10-13H2,1H3. The minimum atomic E-state index is -0.224. The lowest BCUT2D eigenvalue weighted by molar-refractivity contribution is -0.135. The Kier molecular flexibility index (Phi) is 5.42. The number of rotatable bonds is 7. The van der Waals surface area contributed by atoms with Crippen molar-refractivity contribution in [2.24, 2.45) is 11.8 Å². The summed E-state index contributed by atoms with van der Waals surface area (Å²) in [4.78, 5) is 4.78. The molecule has 2 aromatic carbocycles. The van der Waals surface area contributed by atoms with Crippen LogP contribution in [-0.4, -0.2) is 32.7 Å². The van der Waals surface area contributed by atoms with Crippen LogP contribution in [0, 0.1) is 18.8 Å². The Hall–Kier alpha value is -3.09. The summed E-state index contributed by atoms with van der Waals surface area (Å²) in [6, 6.07) is 13.6. The summed E-state index contributed by atoms with van der Waals surface area (Å²) >= 11 is 0. The maximum Gasteiger partial charge on any atom is 0.158 e. The summed E-state index contributed by atoms with van der Waals surface area (Å²) in [5, 5.41) is 21.6. The fraction of sp³-hybridized carbons (Fsp3) is 0.393. The van der Waals surface area contributed by atoms with E-state index in [9.17, 15) is 10.2 Å². The molecule has 6 nitrogen and oxygen atoms in total. The van der Waals surface area contributed by atoms with Crippen LogP contribution < -0.4 is 10.7 Å². The molecule has 1 aliphatic heterocycles. The highest BCUT2D eigenvalue weighted by Gasteiger charge is 2.35. The molecule has 0 bridgehead atoms. The van der Waals surface area contributed by atoms with Gasteiger partial charge in [-0.2, -0.15) is 0 Å². The van der Waals surface area contributed by atoms with Crippen molar-refractivity contribution in [1.29, 1.82) is 0 Å². The predicted molar refractivity (Wildman–Crippen MR) is 129 cm³/mol. The van der Waals surface area contributed by atoms with Crippen molar-refractivity contribution in [2.75, 3.05) is 6.61 Å². The molecule has 1 aromatic heterocycles. The molecule has 6 rings (SSSR count). The van der Waals surface area contributed by atoms with E-state index in [-0.39, 0.29) is 23.9 Å². The molecule has 2 fully saturated rings. The summed E-state index contributed by atoms with van der Waals surface area (Å²) in [5.41, 5.74) is 3.32. The van der Waals surface area contributed by atoms with Gasteiger partial charge in [-0.05, 0) is 79.8 Å². The van der Waals surface area contributed by atoms with Gasteiger partial charge < -0.3 is 19.7 Å². The highest BCUT2D eigenvalue weighted by atomic mass is 16.7. The summed E-state index contributed by atoms with van der Waals surface area (Å²) in [7, 11) is 0. The monoisotopic (exact) mass is 458 g/mol. The number of aromatic hydroxyl groups is 2. The Morgan fingerprint density at radius 3 is 2.68 bits per heavy atom. The van der Waals surface area contributed by atoms with Crippen molar-refractivity contribution in [3.63, 3.8) is 0 Å². The largest absolute Gasteiger partial charge is 0.504 e. The van der Waals surface area contributed by atoms with Crippen LogP contribution in [0.15, 0.2) is 42.5 Å². The first kappa shape index (κ1) is 21.4. The first-order valence-electron chi connectivity index (χ1n) is 12.2. The van der Waals surface area contributed by atoms with Gasteiger partial charge in [0.2, 0.25) is 0 Å². The van der Waals surface area contributed by atoms with Crippen molar-refractivity contribution in [3.8, 4) is 17.2 Å². The van der Waals surface area contributed by atoms with Crippen LogP contribution in [0.5, 0.6) is 11.5 Å². The Bertz CT molecular complexity index is 1330. The van der Waals surface area contributed by atoms with Crippen LogP contribution in [0.25, 0.3) is 17.8 Å². The molecule has 3 aliphatic rings. The first-order chi connectivity index (χ1) is 16.5. The zero-order valence-electron chi connectivity index (χ0n) is 19.4. The number of phenolic OH excluding ortho intramolecular Hbond substituents is 2. The Labute approximate surface area is 198 Å². The predicted octanol–water partition coefficient (Wildman–Crippen LogP) is 3.63. The topological polar surface area (TPSA) is 76.7 Å². The molecule has 1 saturated carbocycles. The maximum absolute atomic E-state index is 9.71. The molecule has 4 unspecified atom stereocenters. The number of ether oxygens (including phenoxy) is 2. The van der Waals surface area contributed by atoms with E-state index >= 15 is 0 Å². The molecule has 3 aromatic rings. The van der Waals surface area contributed by atoms with E-state index in [2.05, 4.69) is 47.9 Å². The molecule has 0 radical (unpaired) electrons. The number of phenols is 2. The normalized spacial score (nSPS) is 24.7. The average Bonchev–Trinajstić information content (AvgIpc) is 3.28. The van der Waals surface area contributed by atoms with Crippen molar-refractivity contribution >= 4 is 12.2 Å². The quantitative estimate of drug-likeness (QED) is 0.418. The van der Waals surface area contributed by atoms with Gasteiger partial charge in [0.05, 0.1) is 23.4 Å². The lowest BCUT2D eigenvalue weighted by Gasteiger charge is -2.15. The van der Waals surface area contributed by atoms with E-state index in [0.29, 0.717) is 18.4 Å². The number of aromatic nitrogens is 2. The fourth-order valence-electron chi connectivity index (χ4n) is 5.22. The van der Waals surface area contributed by atoms with E-state index in [1.165, 1.54) is 29.1 Å². The van der Waals surface area contributed by atoms with E-state index in [0.717, 1.165) is 42.4 Å². The van der Waals surface area contributed by atoms with Crippen LogP contribution in [-0.2, 0) is 15.9 Å². The van der Waals surface area contributed by atoms with Gasteiger partial charge >= 0.3 is 0 Å². The third-order valence-corrected chi connectivity index (χ3v) is 7.20. The first-order valence-corrected chi connectivity index (χ1v) is 12.2. The summed E-state index contributed by atoms with van der Waals surface area (Å²) in [6.07, 6.45) is 9.20. The van der Waals surface area contributed by atoms with Gasteiger partial charge in [0.15, 0.2) is 17.8 Å². The highest BCUT2D eigenvalue weighted by Crippen LogP contribution is 2.42. The third-order valence-electron chi connectivity index (χ3n) is 7.20. The van der Waals surface area contributed by atoms with E-state index < -0.39 is 0 Å². The Morgan fingerprint density at radius 1 is 1.03 bits per heavy atom. The molecule has 2 heterocycles. The summed E-state index contributed by atoms with van der Waals surface area (Å²) < 4.78 is 14.2. The smallest absolute Gasteiger partial charge is 0.158 e. The number of fused-ring (bicyclic) bond motifs is 2. The van der Waals surface area contributed by atoms with Gasteiger partial charge in [0, 0.05) is 12.1 Å². The van der Waals surface area contributed by atoms with Gasteiger partial charge in [0.1, 0.15) is 5.82 Å². The van der Waals surface area contributed by atoms with Crippen LogP contribution in [0.3, 0.4) is 0 Å². The van der Waals surface area contributed by atoms with Crippen molar-refractivity contribution in [3.05, 3.63) is 70.1 Å². The number of hydrogen-bond acceptors (Lipinski definition) is 5. The SMILES string of the molecule is Cc1nc2c(n1-c1ccc(CCCOC3CCC(c4ccc(O)c(O)c4)O3)cc1)=CC1CC1C=2. The third kappa shape index (κ3) is 4.12. The second-order valence-electron chi connectivity index (χ2n) is 9.68. The van der Waals surface area contributed by atoms with Crippen molar-refractivity contribution in [2.45, 2.75) is 51.4 Å². The van der Waals surface area contributed by atoms with Crippen LogP contribution in [0.2, 0.25) is 0 Å². The molecular weight excluding hydrogens is 428 g/mol. The molecule has 34 heavy (non-hydrogen) atoms. The molecule has 6 heteroatoms. The number of imidazole rings is 1. The minimum Gasteiger partial charge on any atom is -0.504 e. The zero-order chi connectivity index (χ0) is 23.2.